The van der Waals surface area contributed by atoms with Gasteiger partial charge in [-0.1, -0.05) is 18.2 Å². The normalized spacial score (nSPS) is 16.0. The maximum absolute atomic E-state index is 13.6. The molecule has 0 spiro atoms. The Morgan fingerprint density at radius 3 is 2.53 bits per heavy atom. The number of amides is 1. The number of halogens is 1. The molecule has 8 nitrogen and oxygen atoms in total. The van der Waals surface area contributed by atoms with Crippen LogP contribution in [0.3, 0.4) is 0 Å². The molecule has 2 aliphatic heterocycles. The highest BCUT2D eigenvalue weighted by Crippen LogP contribution is 2.43. The minimum Gasteiger partial charge on any atom is -0.455 e. The second-order valence-corrected chi connectivity index (χ2v) is 10.7. The highest BCUT2D eigenvalue weighted by Gasteiger charge is 2.33. The lowest BCUT2D eigenvalue weighted by Crippen LogP contribution is -2.40. The minimum absolute atomic E-state index is 0.0560. The Morgan fingerprint density at radius 2 is 1.76 bits per heavy atom. The van der Waals surface area contributed by atoms with E-state index in [4.69, 9.17) is 14.2 Å². The number of para-hydroxylation sites is 1. The number of anilines is 1. The quantitative estimate of drug-likeness (QED) is 0.500. The van der Waals surface area contributed by atoms with Crippen LogP contribution in [0.2, 0.25) is 0 Å². The summed E-state index contributed by atoms with van der Waals surface area (Å²) < 4.78 is 46.7. The van der Waals surface area contributed by atoms with Crippen molar-refractivity contribution in [3.05, 3.63) is 70.2 Å². The largest absolute Gasteiger partial charge is 0.455 e. The van der Waals surface area contributed by atoms with Gasteiger partial charge in [-0.25, -0.2) is 8.42 Å². The molecule has 1 fully saturated rings. The summed E-state index contributed by atoms with van der Waals surface area (Å²) in [5, 5.41) is 2.82. The van der Waals surface area contributed by atoms with Crippen LogP contribution in [-0.4, -0.2) is 44.9 Å². The third-order valence-corrected chi connectivity index (χ3v) is 8.11. The van der Waals surface area contributed by atoms with Gasteiger partial charge in [-0.3, -0.25) is 4.79 Å². The lowest BCUT2D eigenvalue weighted by atomic mass is 10.1. The number of hydrogen-bond acceptors (Lipinski definition) is 6. The third-order valence-electron chi connectivity index (χ3n) is 5.54. The minimum atomic E-state index is -3.99. The number of morpholine rings is 1. The third kappa shape index (κ3) is 4.29. The van der Waals surface area contributed by atoms with Crippen LogP contribution >= 0.6 is 15.9 Å². The van der Waals surface area contributed by atoms with Crippen LogP contribution in [0.1, 0.15) is 15.9 Å². The van der Waals surface area contributed by atoms with E-state index in [0.29, 0.717) is 34.9 Å². The zero-order valence-corrected chi connectivity index (χ0v) is 20.6. The van der Waals surface area contributed by atoms with E-state index in [0.717, 1.165) is 5.56 Å². The lowest BCUT2D eigenvalue weighted by molar-refractivity contribution is 0.0729. The van der Waals surface area contributed by atoms with Crippen LogP contribution in [0.5, 0.6) is 23.0 Å². The van der Waals surface area contributed by atoms with Crippen molar-refractivity contribution in [2.45, 2.75) is 11.8 Å². The van der Waals surface area contributed by atoms with Gasteiger partial charge in [-0.05, 0) is 58.7 Å². The summed E-state index contributed by atoms with van der Waals surface area (Å²) in [6, 6.07) is 15.3. The number of nitrogens with zero attached hydrogens (tertiary/aromatic N) is 1. The number of carbonyl (C=O) groups excluding carboxylic acids is 1. The molecule has 0 radical (unpaired) electrons. The summed E-state index contributed by atoms with van der Waals surface area (Å²) in [6.45, 7) is 2.91. The fraction of sp³-hybridized carbons (Fsp3) is 0.208. The Balaban J connectivity index is 1.66. The van der Waals surface area contributed by atoms with Crippen molar-refractivity contribution in [2.24, 2.45) is 0 Å². The number of sulfonamides is 1. The molecule has 1 amide bonds. The van der Waals surface area contributed by atoms with Crippen molar-refractivity contribution >= 4 is 37.5 Å². The number of carbonyl (C=O) groups is 1. The fourth-order valence-corrected chi connectivity index (χ4v) is 5.69. The van der Waals surface area contributed by atoms with Crippen molar-refractivity contribution in [3.8, 4) is 23.0 Å². The molecule has 1 N–H and O–H groups in total. The number of fused-ring (bicyclic) bond motifs is 2. The number of ether oxygens (including phenoxy) is 3. The van der Waals surface area contributed by atoms with Gasteiger partial charge in [0.2, 0.25) is 10.0 Å². The molecule has 0 unspecified atom stereocenters. The fourth-order valence-electron chi connectivity index (χ4n) is 3.80. The molecule has 176 valence electrons. The molecule has 0 aromatic heterocycles. The summed E-state index contributed by atoms with van der Waals surface area (Å²) in [5.41, 5.74) is 1.55. The first-order valence-electron chi connectivity index (χ1n) is 10.6. The Bertz CT molecular complexity index is 1390. The Kier molecular flexibility index (Phi) is 6.07. The topological polar surface area (TPSA) is 94.2 Å². The molecule has 1 saturated heterocycles. The van der Waals surface area contributed by atoms with E-state index >= 15 is 0 Å². The zero-order valence-electron chi connectivity index (χ0n) is 18.2. The van der Waals surface area contributed by atoms with Crippen molar-refractivity contribution in [2.75, 3.05) is 31.6 Å². The van der Waals surface area contributed by atoms with Gasteiger partial charge >= 0.3 is 0 Å². The molecule has 5 rings (SSSR count). The molecule has 10 heteroatoms. The zero-order chi connectivity index (χ0) is 23.9. The predicted molar refractivity (Wildman–Crippen MR) is 129 cm³/mol. The summed E-state index contributed by atoms with van der Waals surface area (Å²) in [5.74, 6) is 0.664. The van der Waals surface area contributed by atoms with Gasteiger partial charge in [-0.15, -0.1) is 0 Å². The molecule has 0 aliphatic carbocycles. The first-order chi connectivity index (χ1) is 16.3. The molecule has 0 atom stereocenters. The number of aryl methyl sites for hydroxylation is 1. The van der Waals surface area contributed by atoms with E-state index in [9.17, 15) is 13.2 Å². The van der Waals surface area contributed by atoms with E-state index in [-0.39, 0.29) is 35.0 Å². The monoisotopic (exact) mass is 544 g/mol. The first kappa shape index (κ1) is 22.9. The van der Waals surface area contributed by atoms with E-state index in [2.05, 4.69) is 21.2 Å². The smallest absolute Gasteiger partial charge is 0.259 e. The van der Waals surface area contributed by atoms with Crippen LogP contribution in [0.4, 0.5) is 5.69 Å². The molecule has 0 bridgehead atoms. The number of rotatable bonds is 4. The molecular weight excluding hydrogens is 524 g/mol. The average molecular weight is 545 g/mol. The van der Waals surface area contributed by atoms with Crippen molar-refractivity contribution in [1.82, 2.24) is 4.31 Å². The molecule has 3 aromatic carbocycles. The maximum atomic E-state index is 13.6. The van der Waals surface area contributed by atoms with Gasteiger partial charge in [0.25, 0.3) is 5.91 Å². The Morgan fingerprint density at radius 1 is 1.00 bits per heavy atom. The van der Waals surface area contributed by atoms with Crippen LogP contribution in [-0.2, 0) is 14.8 Å². The van der Waals surface area contributed by atoms with E-state index in [1.54, 1.807) is 30.3 Å². The summed E-state index contributed by atoms with van der Waals surface area (Å²) in [4.78, 5) is 13.0. The van der Waals surface area contributed by atoms with Crippen LogP contribution in [0.25, 0.3) is 0 Å². The average Bonchev–Trinajstić information content (AvgIpc) is 2.95. The van der Waals surface area contributed by atoms with Gasteiger partial charge in [-0.2, -0.15) is 4.31 Å². The van der Waals surface area contributed by atoms with Crippen molar-refractivity contribution in [3.63, 3.8) is 0 Å². The molecule has 3 aromatic rings. The SMILES string of the molecule is Cc1ccc2c(c1)NC(=O)c1cc(S(=O)(=O)N3CCOCC3)c(Oc3ccccc3Br)cc1O2. The number of benzene rings is 3. The summed E-state index contributed by atoms with van der Waals surface area (Å²) in [7, 11) is -3.99. The molecule has 2 heterocycles. The number of hydrogen-bond donors (Lipinski definition) is 1. The van der Waals surface area contributed by atoms with Crippen LogP contribution < -0.4 is 14.8 Å². The maximum Gasteiger partial charge on any atom is 0.259 e. The van der Waals surface area contributed by atoms with E-state index in [1.807, 2.05) is 19.1 Å². The second-order valence-electron chi connectivity index (χ2n) is 7.90. The van der Waals surface area contributed by atoms with Gasteiger partial charge in [0.05, 0.1) is 28.9 Å². The highest BCUT2D eigenvalue weighted by atomic mass is 79.9. The van der Waals surface area contributed by atoms with Gasteiger partial charge in [0.15, 0.2) is 11.5 Å². The van der Waals surface area contributed by atoms with Gasteiger partial charge in [0.1, 0.15) is 16.4 Å². The van der Waals surface area contributed by atoms with Crippen LogP contribution in [0.15, 0.2) is 64.0 Å². The highest BCUT2D eigenvalue weighted by molar-refractivity contribution is 9.10. The second kappa shape index (κ2) is 9.03. The van der Waals surface area contributed by atoms with E-state index in [1.165, 1.54) is 16.4 Å². The molecule has 34 heavy (non-hydrogen) atoms. The van der Waals surface area contributed by atoms with Crippen molar-refractivity contribution < 1.29 is 27.4 Å². The number of nitrogens with one attached hydrogen (secondary N) is 1. The van der Waals surface area contributed by atoms with Gasteiger partial charge in [0, 0.05) is 19.2 Å². The predicted octanol–water partition coefficient (Wildman–Crippen LogP) is 4.93. The van der Waals surface area contributed by atoms with E-state index < -0.39 is 15.9 Å². The molecule has 0 saturated carbocycles. The summed E-state index contributed by atoms with van der Waals surface area (Å²) >= 11 is 3.43. The molecular formula is C24H21BrN2O6S. The summed E-state index contributed by atoms with van der Waals surface area (Å²) in [6.07, 6.45) is 0. The Hall–Kier alpha value is -2.92. The van der Waals surface area contributed by atoms with Crippen LogP contribution in [0, 0.1) is 6.92 Å². The molecule has 2 aliphatic rings. The Labute approximate surface area is 205 Å². The van der Waals surface area contributed by atoms with Crippen molar-refractivity contribution in [1.29, 1.82) is 0 Å². The first-order valence-corrected chi connectivity index (χ1v) is 12.8. The standard InChI is InChI=1S/C24H21BrN2O6S/c1-15-6-7-20-18(12-15)26-24(28)16-13-23(34(29,30)27-8-10-31-11-9-27)22(14-21(16)33-20)32-19-5-3-2-4-17(19)25/h2-7,12-14H,8-11H2,1H3,(H,26,28). The lowest BCUT2D eigenvalue weighted by Gasteiger charge is -2.27. The van der Waals surface area contributed by atoms with Gasteiger partial charge < -0.3 is 19.5 Å².